The van der Waals surface area contributed by atoms with Crippen molar-refractivity contribution in [3.8, 4) is 0 Å². The lowest BCUT2D eigenvalue weighted by Gasteiger charge is -2.28. The van der Waals surface area contributed by atoms with Gasteiger partial charge in [0.2, 0.25) is 0 Å². The van der Waals surface area contributed by atoms with Crippen LogP contribution in [-0.2, 0) is 6.42 Å². The number of hydrogen-bond donors (Lipinski definition) is 0. The predicted molar refractivity (Wildman–Crippen MR) is 111 cm³/mol. The molecule has 0 saturated heterocycles. The topological polar surface area (TPSA) is 0 Å². The Morgan fingerprint density at radius 3 is 1.84 bits per heavy atom. The molecule has 0 spiro atoms. The first kappa shape index (κ1) is 18.0. The van der Waals surface area contributed by atoms with Crippen molar-refractivity contribution in [3.63, 3.8) is 0 Å². The van der Waals surface area contributed by atoms with Crippen LogP contribution in [0.25, 0.3) is 12.2 Å². The van der Waals surface area contributed by atoms with Gasteiger partial charge in [-0.25, -0.2) is 0 Å². The molecular weight excluding hydrogens is 300 g/mol. The standard InChI is InChI=1S/C25H32/c1-3-5-21-12-16-24(17-13-21)25-18-14-23(15-19-25)11-10-22-8-6-20(4-2)7-9-22/h6-11,14-15,18-19,21,24H,3-5,12-13,16-17H2,1-2H3. The lowest BCUT2D eigenvalue weighted by Crippen LogP contribution is -2.13. The van der Waals surface area contributed by atoms with Crippen molar-refractivity contribution in [1.82, 2.24) is 0 Å². The van der Waals surface area contributed by atoms with E-state index in [0.29, 0.717) is 0 Å². The molecule has 0 amide bonds. The number of aryl methyl sites for hydroxylation is 1. The lowest BCUT2D eigenvalue weighted by atomic mass is 9.77. The third kappa shape index (κ3) is 5.08. The van der Waals surface area contributed by atoms with Crippen LogP contribution in [-0.4, -0.2) is 0 Å². The maximum Gasteiger partial charge on any atom is -0.0162 e. The zero-order valence-electron chi connectivity index (χ0n) is 15.9. The molecule has 1 fully saturated rings. The second kappa shape index (κ2) is 9.04. The van der Waals surface area contributed by atoms with Gasteiger partial charge in [0.1, 0.15) is 0 Å². The first-order valence-electron chi connectivity index (χ1n) is 10.2. The van der Waals surface area contributed by atoms with Gasteiger partial charge in [-0.1, -0.05) is 87.4 Å². The summed E-state index contributed by atoms with van der Waals surface area (Å²) < 4.78 is 0. The predicted octanol–water partition coefficient (Wildman–Crippen LogP) is 7.49. The van der Waals surface area contributed by atoms with Crippen LogP contribution in [0.1, 0.15) is 80.5 Å². The molecule has 0 radical (unpaired) electrons. The maximum absolute atomic E-state index is 2.35. The van der Waals surface area contributed by atoms with Crippen LogP contribution in [0.2, 0.25) is 0 Å². The van der Waals surface area contributed by atoms with Crippen molar-refractivity contribution in [2.75, 3.05) is 0 Å². The van der Waals surface area contributed by atoms with Gasteiger partial charge >= 0.3 is 0 Å². The fraction of sp³-hybridized carbons (Fsp3) is 0.440. The van der Waals surface area contributed by atoms with E-state index < -0.39 is 0 Å². The summed E-state index contributed by atoms with van der Waals surface area (Å²) in [5.41, 5.74) is 5.51. The van der Waals surface area contributed by atoms with Crippen LogP contribution >= 0.6 is 0 Å². The summed E-state index contributed by atoms with van der Waals surface area (Å²) >= 11 is 0. The van der Waals surface area contributed by atoms with Crippen LogP contribution in [0, 0.1) is 5.92 Å². The van der Waals surface area contributed by atoms with Gasteiger partial charge in [0, 0.05) is 0 Å². The van der Waals surface area contributed by atoms with E-state index in [1.165, 1.54) is 55.2 Å². The third-order valence-electron chi connectivity index (χ3n) is 5.81. The Labute approximate surface area is 154 Å². The summed E-state index contributed by atoms with van der Waals surface area (Å²) in [5, 5.41) is 0. The first-order valence-corrected chi connectivity index (χ1v) is 10.2. The Bertz CT molecular complexity index is 652. The molecule has 0 heteroatoms. The lowest BCUT2D eigenvalue weighted by molar-refractivity contribution is 0.308. The molecule has 0 N–H and O–H groups in total. The minimum Gasteiger partial charge on any atom is -0.0654 e. The second-order valence-electron chi connectivity index (χ2n) is 7.60. The molecule has 1 aliphatic rings. The summed E-state index contributed by atoms with van der Waals surface area (Å²) in [6.45, 7) is 4.51. The highest BCUT2D eigenvalue weighted by Gasteiger charge is 2.21. The Morgan fingerprint density at radius 1 is 0.760 bits per heavy atom. The van der Waals surface area contributed by atoms with Crippen LogP contribution in [0.15, 0.2) is 48.5 Å². The molecule has 0 nitrogen and oxygen atoms in total. The zero-order valence-corrected chi connectivity index (χ0v) is 15.9. The summed E-state index contributed by atoms with van der Waals surface area (Å²) in [5.74, 6) is 1.77. The van der Waals surface area contributed by atoms with E-state index in [4.69, 9.17) is 0 Å². The van der Waals surface area contributed by atoms with E-state index in [-0.39, 0.29) is 0 Å². The highest BCUT2D eigenvalue weighted by atomic mass is 14.3. The molecule has 2 aromatic carbocycles. The summed E-state index contributed by atoms with van der Waals surface area (Å²) in [4.78, 5) is 0. The minimum absolute atomic E-state index is 0.785. The van der Waals surface area contributed by atoms with E-state index in [1.54, 1.807) is 5.56 Å². The highest BCUT2D eigenvalue weighted by molar-refractivity contribution is 5.69. The van der Waals surface area contributed by atoms with Crippen LogP contribution < -0.4 is 0 Å². The van der Waals surface area contributed by atoms with Crippen LogP contribution in [0.4, 0.5) is 0 Å². The van der Waals surface area contributed by atoms with E-state index in [2.05, 4.69) is 74.5 Å². The van der Waals surface area contributed by atoms with Gasteiger partial charge in [-0.2, -0.15) is 0 Å². The average Bonchev–Trinajstić information content (AvgIpc) is 2.68. The normalized spacial score (nSPS) is 20.9. The van der Waals surface area contributed by atoms with Crippen LogP contribution in [0.3, 0.4) is 0 Å². The molecule has 0 bridgehead atoms. The number of benzene rings is 2. The Balaban J connectivity index is 1.57. The van der Waals surface area contributed by atoms with E-state index in [1.807, 2.05) is 0 Å². The molecular formula is C25H32. The Hall–Kier alpha value is -1.82. The van der Waals surface area contributed by atoms with Gasteiger partial charge < -0.3 is 0 Å². The van der Waals surface area contributed by atoms with Crippen molar-refractivity contribution in [2.45, 2.75) is 64.7 Å². The summed E-state index contributed by atoms with van der Waals surface area (Å²) in [6, 6.07) is 18.1. The molecule has 132 valence electrons. The van der Waals surface area contributed by atoms with Crippen molar-refractivity contribution >= 4 is 12.2 Å². The van der Waals surface area contributed by atoms with Gasteiger partial charge in [0.25, 0.3) is 0 Å². The molecule has 2 aromatic rings. The van der Waals surface area contributed by atoms with E-state index in [0.717, 1.165) is 18.3 Å². The number of hydrogen-bond acceptors (Lipinski definition) is 0. The molecule has 0 heterocycles. The Morgan fingerprint density at radius 2 is 1.32 bits per heavy atom. The second-order valence-corrected chi connectivity index (χ2v) is 7.60. The van der Waals surface area contributed by atoms with Crippen molar-refractivity contribution in [3.05, 3.63) is 70.8 Å². The molecule has 1 aliphatic carbocycles. The fourth-order valence-electron chi connectivity index (χ4n) is 4.13. The van der Waals surface area contributed by atoms with E-state index >= 15 is 0 Å². The van der Waals surface area contributed by atoms with Crippen molar-refractivity contribution in [2.24, 2.45) is 5.92 Å². The minimum atomic E-state index is 0.785. The van der Waals surface area contributed by atoms with Crippen molar-refractivity contribution < 1.29 is 0 Å². The first-order chi connectivity index (χ1) is 12.3. The van der Waals surface area contributed by atoms with Crippen molar-refractivity contribution in [1.29, 1.82) is 0 Å². The maximum atomic E-state index is 2.35. The van der Waals surface area contributed by atoms with Gasteiger partial charge in [-0.3, -0.25) is 0 Å². The average molecular weight is 333 g/mol. The molecule has 1 saturated carbocycles. The van der Waals surface area contributed by atoms with Gasteiger partial charge in [-0.15, -0.1) is 0 Å². The highest BCUT2D eigenvalue weighted by Crippen LogP contribution is 2.37. The summed E-state index contributed by atoms with van der Waals surface area (Å²) in [6.07, 6.45) is 13.9. The third-order valence-corrected chi connectivity index (χ3v) is 5.81. The van der Waals surface area contributed by atoms with Gasteiger partial charge in [-0.05, 0) is 66.2 Å². The number of rotatable bonds is 6. The fourth-order valence-corrected chi connectivity index (χ4v) is 4.13. The molecule has 0 unspecified atom stereocenters. The molecule has 25 heavy (non-hydrogen) atoms. The van der Waals surface area contributed by atoms with Crippen LogP contribution in [0.5, 0.6) is 0 Å². The van der Waals surface area contributed by atoms with Gasteiger partial charge in [0.05, 0.1) is 0 Å². The summed E-state index contributed by atoms with van der Waals surface area (Å²) in [7, 11) is 0. The SMILES string of the molecule is CCCC1CCC(c2ccc(C=Cc3ccc(CC)cc3)cc2)CC1. The molecule has 0 aromatic heterocycles. The zero-order chi connectivity index (χ0) is 17.5. The smallest absolute Gasteiger partial charge is 0.0162 e. The largest absolute Gasteiger partial charge is 0.0654 e. The monoisotopic (exact) mass is 332 g/mol. The Kier molecular flexibility index (Phi) is 6.50. The molecule has 3 rings (SSSR count). The molecule has 0 aliphatic heterocycles. The van der Waals surface area contributed by atoms with Gasteiger partial charge in [0.15, 0.2) is 0 Å². The molecule has 0 atom stereocenters. The quantitative estimate of drug-likeness (QED) is 0.481. The van der Waals surface area contributed by atoms with E-state index in [9.17, 15) is 0 Å².